The molecule has 0 aliphatic rings. The first-order chi connectivity index (χ1) is 11.0. The Morgan fingerprint density at radius 1 is 1.30 bits per heavy atom. The Hall–Kier alpha value is -3.11. The first-order valence-electron chi connectivity index (χ1n) is 6.40. The van der Waals surface area contributed by atoms with Crippen LogP contribution in [0.2, 0.25) is 0 Å². The lowest BCUT2D eigenvalue weighted by atomic mass is 10.1. The minimum atomic E-state index is -0.820. The van der Waals surface area contributed by atoms with Gasteiger partial charge >= 0.3 is 5.97 Å². The number of nitriles is 1. The van der Waals surface area contributed by atoms with Gasteiger partial charge in [-0.2, -0.15) is 5.26 Å². The zero-order valence-electron chi connectivity index (χ0n) is 12.1. The average Bonchev–Trinajstić information content (AvgIpc) is 3.07. The van der Waals surface area contributed by atoms with Gasteiger partial charge in [-0.3, -0.25) is 4.79 Å². The monoisotopic (exact) mass is 328 g/mol. The van der Waals surface area contributed by atoms with Crippen molar-refractivity contribution in [1.29, 1.82) is 5.26 Å². The fourth-order valence-electron chi connectivity index (χ4n) is 1.73. The molecular weight excluding hydrogens is 316 g/mol. The lowest BCUT2D eigenvalue weighted by molar-refractivity contribution is -0.114. The number of rotatable bonds is 5. The molecule has 2 aromatic rings. The van der Waals surface area contributed by atoms with Crippen LogP contribution in [0.5, 0.6) is 11.5 Å². The normalized spacial score (nSPS) is 10.7. The van der Waals surface area contributed by atoms with Gasteiger partial charge in [0.1, 0.15) is 16.5 Å². The first-order valence-corrected chi connectivity index (χ1v) is 7.28. The Labute approximate surface area is 136 Å². The van der Waals surface area contributed by atoms with Gasteiger partial charge in [0.15, 0.2) is 11.5 Å². The number of hydrogen-bond donors (Lipinski definition) is 1. The van der Waals surface area contributed by atoms with Crippen LogP contribution in [0.25, 0.3) is 6.08 Å². The van der Waals surface area contributed by atoms with Gasteiger partial charge in [-0.25, -0.2) is 4.79 Å². The van der Waals surface area contributed by atoms with Crippen LogP contribution in [0, 0.1) is 11.3 Å². The number of ether oxygens (including phenoxy) is 2. The number of methoxy groups -OCH3 is 1. The van der Waals surface area contributed by atoms with Crippen molar-refractivity contribution in [2.24, 2.45) is 5.73 Å². The summed E-state index contributed by atoms with van der Waals surface area (Å²) in [6.07, 6.45) is 1.33. The molecule has 0 fully saturated rings. The van der Waals surface area contributed by atoms with Crippen LogP contribution < -0.4 is 15.2 Å². The number of esters is 1. The summed E-state index contributed by atoms with van der Waals surface area (Å²) in [5.74, 6) is -0.776. The van der Waals surface area contributed by atoms with Crippen molar-refractivity contribution in [3.8, 4) is 17.6 Å². The topological polar surface area (TPSA) is 102 Å². The summed E-state index contributed by atoms with van der Waals surface area (Å²) in [7, 11) is 1.42. The van der Waals surface area contributed by atoms with Crippen molar-refractivity contribution in [3.63, 3.8) is 0 Å². The molecule has 0 radical (unpaired) electrons. The molecule has 0 bridgehead atoms. The molecule has 2 rings (SSSR count). The van der Waals surface area contributed by atoms with E-state index >= 15 is 0 Å². The summed E-state index contributed by atoms with van der Waals surface area (Å²) < 4.78 is 10.5. The standard InChI is InChI=1S/C16H12N2O4S/c1-21-13-8-10(7-11(9-17)15(18)19)4-5-12(13)22-16(20)14-3-2-6-23-14/h2-8H,1H3,(H2,18,19)/b11-7-. The van der Waals surface area contributed by atoms with Crippen LogP contribution in [0.15, 0.2) is 41.3 Å². The number of nitrogens with zero attached hydrogens (tertiary/aromatic N) is 1. The van der Waals surface area contributed by atoms with Crippen LogP contribution in [-0.2, 0) is 4.79 Å². The molecule has 0 aliphatic heterocycles. The average molecular weight is 328 g/mol. The van der Waals surface area contributed by atoms with E-state index in [1.54, 1.807) is 29.6 Å². The van der Waals surface area contributed by atoms with Crippen LogP contribution in [-0.4, -0.2) is 19.0 Å². The van der Waals surface area contributed by atoms with Crippen molar-refractivity contribution < 1.29 is 19.1 Å². The number of carbonyl (C=O) groups excluding carboxylic acids is 2. The number of thiophene rings is 1. The molecule has 116 valence electrons. The molecule has 0 unspecified atom stereocenters. The Morgan fingerprint density at radius 2 is 2.09 bits per heavy atom. The van der Waals surface area contributed by atoms with Crippen molar-refractivity contribution in [1.82, 2.24) is 0 Å². The van der Waals surface area contributed by atoms with E-state index in [1.165, 1.54) is 36.7 Å². The molecule has 1 heterocycles. The largest absolute Gasteiger partial charge is 0.493 e. The van der Waals surface area contributed by atoms with Gasteiger partial charge in [-0.1, -0.05) is 12.1 Å². The third kappa shape index (κ3) is 3.96. The summed E-state index contributed by atoms with van der Waals surface area (Å²) in [4.78, 5) is 23.5. The maximum absolute atomic E-state index is 12.0. The van der Waals surface area contributed by atoms with Crippen LogP contribution in [0.3, 0.4) is 0 Å². The molecule has 1 aromatic carbocycles. The second-order valence-electron chi connectivity index (χ2n) is 4.31. The maximum atomic E-state index is 12.0. The van der Waals surface area contributed by atoms with Crippen molar-refractivity contribution in [2.75, 3.05) is 7.11 Å². The van der Waals surface area contributed by atoms with Crippen LogP contribution in [0.4, 0.5) is 0 Å². The number of hydrogen-bond acceptors (Lipinski definition) is 6. The smallest absolute Gasteiger partial charge is 0.353 e. The summed E-state index contributed by atoms with van der Waals surface area (Å²) >= 11 is 1.27. The van der Waals surface area contributed by atoms with Crippen molar-refractivity contribution in [2.45, 2.75) is 0 Å². The van der Waals surface area contributed by atoms with Gasteiger partial charge < -0.3 is 15.2 Å². The quantitative estimate of drug-likeness (QED) is 0.393. The third-order valence-corrected chi connectivity index (χ3v) is 3.66. The van der Waals surface area contributed by atoms with E-state index in [9.17, 15) is 9.59 Å². The van der Waals surface area contributed by atoms with Crippen LogP contribution in [0.1, 0.15) is 15.2 Å². The zero-order chi connectivity index (χ0) is 16.8. The van der Waals surface area contributed by atoms with E-state index in [-0.39, 0.29) is 11.3 Å². The van der Waals surface area contributed by atoms with Gasteiger partial charge in [0.05, 0.1) is 7.11 Å². The fourth-order valence-corrected chi connectivity index (χ4v) is 2.33. The molecule has 7 heteroatoms. The first kappa shape index (κ1) is 16.3. The Bertz CT molecular complexity index is 804. The molecule has 0 saturated heterocycles. The highest BCUT2D eigenvalue weighted by Crippen LogP contribution is 2.30. The summed E-state index contributed by atoms with van der Waals surface area (Å²) in [5, 5.41) is 10.6. The molecule has 23 heavy (non-hydrogen) atoms. The van der Waals surface area contributed by atoms with Crippen molar-refractivity contribution in [3.05, 3.63) is 51.7 Å². The number of carbonyl (C=O) groups is 2. The van der Waals surface area contributed by atoms with E-state index in [1.807, 2.05) is 0 Å². The molecule has 6 nitrogen and oxygen atoms in total. The summed E-state index contributed by atoms with van der Waals surface area (Å²) in [6, 6.07) is 9.76. The lowest BCUT2D eigenvalue weighted by Gasteiger charge is -2.09. The second-order valence-corrected chi connectivity index (χ2v) is 5.26. The Kier molecular flexibility index (Phi) is 5.12. The number of amides is 1. The van der Waals surface area contributed by atoms with Gasteiger partial charge in [-0.15, -0.1) is 11.3 Å². The highest BCUT2D eigenvalue weighted by Gasteiger charge is 2.14. The van der Waals surface area contributed by atoms with E-state index in [4.69, 9.17) is 20.5 Å². The molecule has 2 N–H and O–H groups in total. The third-order valence-electron chi connectivity index (χ3n) is 2.81. The predicted octanol–water partition coefficient (Wildman–Crippen LogP) is 2.37. The highest BCUT2D eigenvalue weighted by atomic mass is 32.1. The van der Waals surface area contributed by atoms with Gasteiger partial charge in [-0.05, 0) is 35.2 Å². The Morgan fingerprint density at radius 3 is 2.65 bits per heavy atom. The van der Waals surface area contributed by atoms with Crippen LogP contribution >= 0.6 is 11.3 Å². The van der Waals surface area contributed by atoms with Gasteiger partial charge in [0, 0.05) is 0 Å². The second kappa shape index (κ2) is 7.24. The van der Waals surface area contributed by atoms with E-state index in [2.05, 4.69) is 0 Å². The Balaban J connectivity index is 2.28. The summed E-state index contributed by atoms with van der Waals surface area (Å²) in [6.45, 7) is 0. The fraction of sp³-hybridized carbons (Fsp3) is 0.0625. The lowest BCUT2D eigenvalue weighted by Crippen LogP contribution is -2.12. The minimum absolute atomic E-state index is 0.185. The molecular formula is C16H12N2O4S. The molecule has 0 atom stereocenters. The number of primary amides is 1. The molecule has 0 aliphatic carbocycles. The van der Waals surface area contributed by atoms with Gasteiger partial charge in [0.25, 0.3) is 5.91 Å². The van der Waals surface area contributed by atoms with E-state index < -0.39 is 11.9 Å². The highest BCUT2D eigenvalue weighted by molar-refractivity contribution is 7.12. The van der Waals surface area contributed by atoms with Crippen molar-refractivity contribution >= 4 is 29.3 Å². The van der Waals surface area contributed by atoms with Gasteiger partial charge in [0.2, 0.25) is 0 Å². The molecule has 0 saturated carbocycles. The summed E-state index contributed by atoms with van der Waals surface area (Å²) in [5.41, 5.74) is 5.42. The van der Waals surface area contributed by atoms with E-state index in [0.717, 1.165) is 0 Å². The zero-order valence-corrected chi connectivity index (χ0v) is 12.9. The van der Waals surface area contributed by atoms with E-state index in [0.29, 0.717) is 16.2 Å². The number of benzene rings is 1. The maximum Gasteiger partial charge on any atom is 0.353 e. The predicted molar refractivity (Wildman–Crippen MR) is 85.1 cm³/mol. The molecule has 1 amide bonds. The number of nitrogens with two attached hydrogens (primary N) is 1. The minimum Gasteiger partial charge on any atom is -0.493 e. The molecule has 0 spiro atoms. The SMILES string of the molecule is COc1cc(/C=C(/C#N)C(N)=O)ccc1OC(=O)c1cccs1. The molecule has 1 aromatic heterocycles.